The number of benzene rings is 2. The molecule has 0 bridgehead atoms. The molecular formula is C18H22O3. The van der Waals surface area contributed by atoms with Crippen molar-refractivity contribution in [3.8, 4) is 22.6 Å². The second-order valence-corrected chi connectivity index (χ2v) is 4.33. The minimum atomic E-state index is -0.326. The van der Waals surface area contributed by atoms with Crippen LogP contribution in [-0.2, 0) is 4.79 Å². The molecule has 112 valence electrons. The molecule has 0 radical (unpaired) electrons. The summed E-state index contributed by atoms with van der Waals surface area (Å²) in [6, 6.07) is 13.4. The van der Waals surface area contributed by atoms with Gasteiger partial charge in [-0.25, -0.2) is 0 Å². The fourth-order valence-electron chi connectivity index (χ4n) is 1.94. The van der Waals surface area contributed by atoms with Crippen molar-refractivity contribution in [2.75, 3.05) is 7.11 Å². The molecule has 0 amide bonds. The summed E-state index contributed by atoms with van der Waals surface area (Å²) in [6.07, 6.45) is 0. The van der Waals surface area contributed by atoms with Gasteiger partial charge in [0.25, 0.3) is 0 Å². The molecule has 0 saturated heterocycles. The maximum Gasteiger partial charge on any atom is 0.308 e. The molecule has 2 aromatic carbocycles. The van der Waals surface area contributed by atoms with E-state index < -0.39 is 0 Å². The van der Waals surface area contributed by atoms with Crippen LogP contribution in [0.3, 0.4) is 0 Å². The average molecular weight is 286 g/mol. The summed E-state index contributed by atoms with van der Waals surface area (Å²) in [5.74, 6) is 1.01. The van der Waals surface area contributed by atoms with Gasteiger partial charge in [-0.2, -0.15) is 0 Å². The molecule has 0 atom stereocenters. The number of carbonyl (C=O) groups is 1. The van der Waals surface area contributed by atoms with Gasteiger partial charge in [-0.15, -0.1) is 0 Å². The van der Waals surface area contributed by atoms with Crippen molar-refractivity contribution >= 4 is 5.97 Å². The zero-order chi connectivity index (χ0) is 15.8. The van der Waals surface area contributed by atoms with Crippen LogP contribution in [0.4, 0.5) is 0 Å². The van der Waals surface area contributed by atoms with E-state index >= 15 is 0 Å². The van der Waals surface area contributed by atoms with E-state index in [1.165, 1.54) is 6.92 Å². The molecule has 2 rings (SSSR count). The molecule has 0 saturated carbocycles. The van der Waals surface area contributed by atoms with Crippen LogP contribution in [-0.4, -0.2) is 13.1 Å². The Labute approximate surface area is 126 Å². The van der Waals surface area contributed by atoms with Crippen LogP contribution in [0.1, 0.15) is 26.3 Å². The Morgan fingerprint density at radius 2 is 1.76 bits per heavy atom. The fraction of sp³-hybridized carbons (Fsp3) is 0.278. The van der Waals surface area contributed by atoms with Crippen LogP contribution in [0.2, 0.25) is 0 Å². The predicted molar refractivity (Wildman–Crippen MR) is 85.8 cm³/mol. The van der Waals surface area contributed by atoms with E-state index in [4.69, 9.17) is 9.47 Å². The van der Waals surface area contributed by atoms with Gasteiger partial charge in [0.2, 0.25) is 0 Å². The molecule has 0 aromatic heterocycles. The highest BCUT2D eigenvalue weighted by Gasteiger charge is 2.07. The number of hydrogen-bond acceptors (Lipinski definition) is 3. The summed E-state index contributed by atoms with van der Waals surface area (Å²) < 4.78 is 10.5. The molecule has 3 nitrogen and oxygen atoms in total. The largest absolute Gasteiger partial charge is 0.496 e. The van der Waals surface area contributed by atoms with Gasteiger partial charge < -0.3 is 9.47 Å². The van der Waals surface area contributed by atoms with Crippen LogP contribution in [0.25, 0.3) is 11.1 Å². The molecule has 0 fully saturated rings. The molecule has 0 aliphatic carbocycles. The zero-order valence-corrected chi connectivity index (χ0v) is 13.3. The first-order valence-corrected chi connectivity index (χ1v) is 7.03. The van der Waals surface area contributed by atoms with Gasteiger partial charge in [-0.3, -0.25) is 4.79 Å². The molecule has 0 spiro atoms. The smallest absolute Gasteiger partial charge is 0.308 e. The highest BCUT2D eigenvalue weighted by atomic mass is 16.5. The monoisotopic (exact) mass is 286 g/mol. The molecule has 0 heterocycles. The number of ether oxygens (including phenoxy) is 2. The van der Waals surface area contributed by atoms with Gasteiger partial charge in [0.15, 0.2) is 0 Å². The normalized spacial score (nSPS) is 9.38. The molecule has 0 N–H and O–H groups in total. The maximum absolute atomic E-state index is 11.0. The Hall–Kier alpha value is -2.29. The number of carbonyl (C=O) groups excluding carboxylic acids is 1. The second-order valence-electron chi connectivity index (χ2n) is 4.33. The van der Waals surface area contributed by atoms with Crippen LogP contribution in [0, 0.1) is 6.92 Å². The highest BCUT2D eigenvalue weighted by molar-refractivity contribution is 5.74. The molecular weight excluding hydrogens is 264 g/mol. The first kappa shape index (κ1) is 16.8. The van der Waals surface area contributed by atoms with E-state index in [1.54, 1.807) is 13.2 Å². The lowest BCUT2D eigenvalue weighted by Gasteiger charge is -2.10. The van der Waals surface area contributed by atoms with Crippen LogP contribution >= 0.6 is 0 Å². The quantitative estimate of drug-likeness (QED) is 0.610. The minimum absolute atomic E-state index is 0.326. The van der Waals surface area contributed by atoms with E-state index in [-0.39, 0.29) is 5.97 Å². The van der Waals surface area contributed by atoms with Gasteiger partial charge in [0, 0.05) is 12.5 Å². The number of esters is 1. The van der Waals surface area contributed by atoms with E-state index in [0.29, 0.717) is 5.75 Å². The molecule has 3 heteroatoms. The van der Waals surface area contributed by atoms with Crippen LogP contribution < -0.4 is 9.47 Å². The van der Waals surface area contributed by atoms with E-state index in [0.717, 1.165) is 22.4 Å². The average Bonchev–Trinajstić information content (AvgIpc) is 2.49. The molecule has 0 aliphatic rings. The Kier molecular flexibility index (Phi) is 6.47. The van der Waals surface area contributed by atoms with Gasteiger partial charge in [-0.05, 0) is 36.8 Å². The zero-order valence-electron chi connectivity index (χ0n) is 13.3. The lowest BCUT2D eigenvalue weighted by molar-refractivity contribution is -0.131. The molecule has 21 heavy (non-hydrogen) atoms. The van der Waals surface area contributed by atoms with Crippen molar-refractivity contribution < 1.29 is 14.3 Å². The van der Waals surface area contributed by atoms with Gasteiger partial charge in [0.1, 0.15) is 11.5 Å². The Bertz CT molecular complexity index is 603. The number of rotatable bonds is 3. The second kappa shape index (κ2) is 8.10. The highest BCUT2D eigenvalue weighted by Crippen LogP contribution is 2.32. The molecule has 2 aromatic rings. The number of methoxy groups -OCH3 is 1. The Morgan fingerprint density at radius 1 is 1.05 bits per heavy atom. The van der Waals surface area contributed by atoms with Gasteiger partial charge >= 0.3 is 5.97 Å². The summed E-state index contributed by atoms with van der Waals surface area (Å²) in [5, 5.41) is 0. The number of aryl methyl sites for hydroxylation is 1. The SMILES string of the molecule is CC.COc1ccc(C)cc1-c1cccc(OC(C)=O)c1. The van der Waals surface area contributed by atoms with E-state index in [9.17, 15) is 4.79 Å². The Morgan fingerprint density at radius 3 is 2.38 bits per heavy atom. The fourth-order valence-corrected chi connectivity index (χ4v) is 1.94. The lowest BCUT2D eigenvalue weighted by atomic mass is 10.0. The van der Waals surface area contributed by atoms with Crippen molar-refractivity contribution in [1.29, 1.82) is 0 Å². The van der Waals surface area contributed by atoms with Crippen molar-refractivity contribution in [3.05, 3.63) is 48.0 Å². The first-order chi connectivity index (χ1) is 10.1. The van der Waals surface area contributed by atoms with Crippen molar-refractivity contribution in [2.24, 2.45) is 0 Å². The van der Waals surface area contributed by atoms with Gasteiger partial charge in [0.05, 0.1) is 7.11 Å². The van der Waals surface area contributed by atoms with Gasteiger partial charge in [-0.1, -0.05) is 37.6 Å². The van der Waals surface area contributed by atoms with E-state index in [2.05, 4.69) is 0 Å². The summed E-state index contributed by atoms with van der Waals surface area (Å²) in [6.45, 7) is 7.42. The predicted octanol–water partition coefficient (Wildman–Crippen LogP) is 4.62. The minimum Gasteiger partial charge on any atom is -0.496 e. The molecule has 0 aliphatic heterocycles. The summed E-state index contributed by atoms with van der Waals surface area (Å²) in [7, 11) is 1.64. The van der Waals surface area contributed by atoms with Crippen molar-refractivity contribution in [3.63, 3.8) is 0 Å². The van der Waals surface area contributed by atoms with E-state index in [1.807, 2.05) is 57.2 Å². The first-order valence-electron chi connectivity index (χ1n) is 7.03. The third-order valence-electron chi connectivity index (χ3n) is 2.76. The van der Waals surface area contributed by atoms with Crippen molar-refractivity contribution in [2.45, 2.75) is 27.7 Å². The standard InChI is InChI=1S/C16H16O3.C2H6/c1-11-7-8-16(18-3)15(9-11)13-5-4-6-14(10-13)19-12(2)17;1-2/h4-10H,1-3H3;1-2H3. The summed E-state index contributed by atoms with van der Waals surface area (Å²) >= 11 is 0. The van der Waals surface area contributed by atoms with Crippen LogP contribution in [0.5, 0.6) is 11.5 Å². The maximum atomic E-state index is 11.0. The topological polar surface area (TPSA) is 35.5 Å². The summed E-state index contributed by atoms with van der Waals surface area (Å²) in [4.78, 5) is 11.0. The summed E-state index contributed by atoms with van der Waals surface area (Å²) in [5.41, 5.74) is 3.09. The third-order valence-corrected chi connectivity index (χ3v) is 2.76. The van der Waals surface area contributed by atoms with Crippen LogP contribution in [0.15, 0.2) is 42.5 Å². The van der Waals surface area contributed by atoms with Crippen molar-refractivity contribution in [1.82, 2.24) is 0 Å². The number of hydrogen-bond donors (Lipinski definition) is 0. The lowest BCUT2D eigenvalue weighted by Crippen LogP contribution is -2.01. The third kappa shape index (κ3) is 4.63. The Balaban J connectivity index is 0.00000106. The molecule has 0 unspecified atom stereocenters.